The Morgan fingerprint density at radius 1 is 1.16 bits per heavy atom. The van der Waals surface area contributed by atoms with Crippen LogP contribution in [0.15, 0.2) is 47.0 Å². The van der Waals surface area contributed by atoms with Crippen molar-refractivity contribution < 1.29 is 13.3 Å². The van der Waals surface area contributed by atoms with E-state index in [1.807, 2.05) is 31.0 Å². The van der Waals surface area contributed by atoms with Gasteiger partial charge in [-0.2, -0.15) is 4.98 Å². The summed E-state index contributed by atoms with van der Waals surface area (Å²) >= 11 is 5.97. The summed E-state index contributed by atoms with van der Waals surface area (Å²) < 4.78 is 31.8. The summed E-state index contributed by atoms with van der Waals surface area (Å²) in [4.78, 5) is 6.26. The van der Waals surface area contributed by atoms with Gasteiger partial charge >= 0.3 is 0 Å². The van der Waals surface area contributed by atoms with Crippen LogP contribution in [0.1, 0.15) is 24.4 Å². The Morgan fingerprint density at radius 3 is 2.68 bits per heavy atom. The van der Waals surface area contributed by atoms with E-state index in [4.69, 9.17) is 16.1 Å². The van der Waals surface area contributed by atoms with E-state index in [0.717, 1.165) is 11.6 Å². The van der Waals surface area contributed by atoms with E-state index in [-0.39, 0.29) is 6.04 Å². The highest BCUT2D eigenvalue weighted by molar-refractivity contribution is 6.30. The van der Waals surface area contributed by atoms with Crippen LogP contribution in [-0.4, -0.2) is 22.1 Å². The van der Waals surface area contributed by atoms with Gasteiger partial charge in [-0.05, 0) is 43.8 Å². The molecule has 0 spiro atoms. The molecule has 0 bridgehead atoms. The zero-order valence-electron chi connectivity index (χ0n) is 13.7. The van der Waals surface area contributed by atoms with Gasteiger partial charge in [0.1, 0.15) is 0 Å². The first-order valence-corrected chi connectivity index (χ1v) is 8.05. The summed E-state index contributed by atoms with van der Waals surface area (Å²) in [6.45, 7) is 2.26. The second-order valence-electron chi connectivity index (χ2n) is 5.79. The van der Waals surface area contributed by atoms with Crippen LogP contribution in [0.4, 0.5) is 8.78 Å². The summed E-state index contributed by atoms with van der Waals surface area (Å²) in [5, 5.41) is 4.55. The first kappa shape index (κ1) is 17.5. The second-order valence-corrected chi connectivity index (χ2v) is 6.22. The Balaban J connectivity index is 1.72. The summed E-state index contributed by atoms with van der Waals surface area (Å²) in [7, 11) is 1.84. The number of nitrogens with zero attached hydrogens (tertiary/aromatic N) is 3. The SMILES string of the molecule is CC(c1ccc(F)c(F)c1)N(C)Cc1nc(-c2cccc(Cl)c2)no1. The molecule has 0 saturated carbocycles. The van der Waals surface area contributed by atoms with Gasteiger partial charge in [-0.25, -0.2) is 8.78 Å². The molecule has 7 heteroatoms. The molecule has 0 radical (unpaired) electrons. The minimum atomic E-state index is -0.862. The van der Waals surface area contributed by atoms with Crippen LogP contribution in [0.3, 0.4) is 0 Å². The summed E-state index contributed by atoms with van der Waals surface area (Å²) in [6.07, 6.45) is 0. The number of hydrogen-bond donors (Lipinski definition) is 0. The monoisotopic (exact) mass is 363 g/mol. The average Bonchev–Trinajstić information content (AvgIpc) is 3.05. The lowest BCUT2D eigenvalue weighted by Gasteiger charge is -2.23. The van der Waals surface area contributed by atoms with Gasteiger partial charge in [-0.15, -0.1) is 0 Å². The van der Waals surface area contributed by atoms with Crippen LogP contribution in [0.2, 0.25) is 5.02 Å². The smallest absolute Gasteiger partial charge is 0.241 e. The van der Waals surface area contributed by atoms with Crippen LogP contribution in [-0.2, 0) is 6.54 Å². The maximum absolute atomic E-state index is 13.4. The van der Waals surface area contributed by atoms with Crippen molar-refractivity contribution in [2.75, 3.05) is 7.05 Å². The van der Waals surface area contributed by atoms with Crippen molar-refractivity contribution >= 4 is 11.6 Å². The molecule has 1 atom stereocenters. The molecule has 1 heterocycles. The molecule has 3 rings (SSSR count). The van der Waals surface area contributed by atoms with Crippen molar-refractivity contribution in [3.8, 4) is 11.4 Å². The van der Waals surface area contributed by atoms with E-state index in [0.29, 0.717) is 28.8 Å². The molecule has 0 aliphatic heterocycles. The van der Waals surface area contributed by atoms with Gasteiger partial charge in [-0.1, -0.05) is 35.0 Å². The van der Waals surface area contributed by atoms with E-state index >= 15 is 0 Å². The van der Waals surface area contributed by atoms with E-state index in [2.05, 4.69) is 10.1 Å². The van der Waals surface area contributed by atoms with Crippen LogP contribution < -0.4 is 0 Å². The molecule has 0 saturated heterocycles. The van der Waals surface area contributed by atoms with Gasteiger partial charge in [0.2, 0.25) is 11.7 Å². The van der Waals surface area contributed by atoms with E-state index in [9.17, 15) is 8.78 Å². The number of benzene rings is 2. The maximum atomic E-state index is 13.4. The Morgan fingerprint density at radius 2 is 1.96 bits per heavy atom. The average molecular weight is 364 g/mol. The normalized spacial score (nSPS) is 12.6. The van der Waals surface area contributed by atoms with Crippen molar-refractivity contribution in [1.29, 1.82) is 0 Å². The molecule has 0 aliphatic rings. The molecule has 1 aromatic heterocycles. The minimum Gasteiger partial charge on any atom is -0.338 e. The Labute approximate surface area is 149 Å². The van der Waals surface area contributed by atoms with Gasteiger partial charge in [0.15, 0.2) is 11.6 Å². The quantitative estimate of drug-likeness (QED) is 0.649. The van der Waals surface area contributed by atoms with E-state index < -0.39 is 11.6 Å². The fourth-order valence-electron chi connectivity index (χ4n) is 2.44. The highest BCUT2D eigenvalue weighted by Gasteiger charge is 2.17. The predicted molar refractivity (Wildman–Crippen MR) is 91.0 cm³/mol. The lowest BCUT2D eigenvalue weighted by Crippen LogP contribution is -2.22. The third-order valence-corrected chi connectivity index (χ3v) is 4.26. The van der Waals surface area contributed by atoms with Crippen molar-refractivity contribution in [2.24, 2.45) is 0 Å². The molecular formula is C18H16ClF2N3O. The maximum Gasteiger partial charge on any atom is 0.241 e. The Kier molecular flexibility index (Phi) is 5.11. The predicted octanol–water partition coefficient (Wildman–Crippen LogP) is 4.86. The van der Waals surface area contributed by atoms with Crippen molar-refractivity contribution in [2.45, 2.75) is 19.5 Å². The molecule has 0 amide bonds. The van der Waals surface area contributed by atoms with Gasteiger partial charge in [0.25, 0.3) is 0 Å². The molecule has 2 aromatic carbocycles. The summed E-state index contributed by atoms with van der Waals surface area (Å²) in [5.41, 5.74) is 1.43. The molecular weight excluding hydrogens is 348 g/mol. The lowest BCUT2D eigenvalue weighted by molar-refractivity contribution is 0.216. The molecule has 0 fully saturated rings. The Bertz CT molecular complexity index is 884. The highest BCUT2D eigenvalue weighted by atomic mass is 35.5. The zero-order chi connectivity index (χ0) is 18.0. The van der Waals surface area contributed by atoms with Gasteiger partial charge in [0, 0.05) is 16.6 Å². The molecule has 1 unspecified atom stereocenters. The third kappa shape index (κ3) is 4.03. The van der Waals surface area contributed by atoms with Gasteiger partial charge in [-0.3, -0.25) is 4.90 Å². The number of rotatable bonds is 5. The van der Waals surface area contributed by atoms with Crippen LogP contribution in [0.25, 0.3) is 11.4 Å². The minimum absolute atomic E-state index is 0.156. The molecule has 0 N–H and O–H groups in total. The molecule has 25 heavy (non-hydrogen) atoms. The fourth-order valence-corrected chi connectivity index (χ4v) is 2.63. The largest absolute Gasteiger partial charge is 0.338 e. The topological polar surface area (TPSA) is 42.2 Å². The zero-order valence-corrected chi connectivity index (χ0v) is 14.5. The first-order valence-electron chi connectivity index (χ1n) is 7.68. The lowest BCUT2D eigenvalue weighted by atomic mass is 10.1. The third-order valence-electron chi connectivity index (χ3n) is 4.02. The van der Waals surface area contributed by atoms with Gasteiger partial charge < -0.3 is 4.52 Å². The molecule has 4 nitrogen and oxygen atoms in total. The van der Waals surface area contributed by atoms with Crippen molar-refractivity contribution in [1.82, 2.24) is 15.0 Å². The highest BCUT2D eigenvalue weighted by Crippen LogP contribution is 2.24. The standard InChI is InChI=1S/C18H16ClF2N3O/c1-11(12-6-7-15(20)16(21)9-12)24(2)10-17-22-18(23-25-17)13-4-3-5-14(19)8-13/h3-9,11H,10H2,1-2H3. The summed E-state index contributed by atoms with van der Waals surface area (Å²) in [5.74, 6) is -0.848. The van der Waals surface area contributed by atoms with Crippen LogP contribution in [0, 0.1) is 11.6 Å². The molecule has 3 aromatic rings. The van der Waals surface area contributed by atoms with Crippen molar-refractivity contribution in [3.05, 3.63) is 70.6 Å². The number of halogens is 3. The van der Waals surface area contributed by atoms with Crippen molar-refractivity contribution in [3.63, 3.8) is 0 Å². The van der Waals surface area contributed by atoms with Gasteiger partial charge in [0.05, 0.1) is 6.54 Å². The van der Waals surface area contributed by atoms with Crippen LogP contribution >= 0.6 is 11.6 Å². The first-order chi connectivity index (χ1) is 11.9. The number of aromatic nitrogens is 2. The molecule has 130 valence electrons. The van der Waals surface area contributed by atoms with E-state index in [1.54, 1.807) is 18.2 Å². The van der Waals surface area contributed by atoms with Crippen LogP contribution in [0.5, 0.6) is 0 Å². The molecule has 0 aliphatic carbocycles. The second kappa shape index (κ2) is 7.29. The summed E-state index contributed by atoms with van der Waals surface area (Å²) in [6, 6.07) is 10.9. The number of hydrogen-bond acceptors (Lipinski definition) is 4. The Hall–Kier alpha value is -2.31. The fraction of sp³-hybridized carbons (Fsp3) is 0.222. The van der Waals surface area contributed by atoms with E-state index in [1.165, 1.54) is 6.07 Å².